The molecule has 0 aromatic carbocycles. The maximum absolute atomic E-state index is 14.0. The Morgan fingerprint density at radius 2 is 2.00 bits per heavy atom. The second kappa shape index (κ2) is 11.5. The summed E-state index contributed by atoms with van der Waals surface area (Å²) >= 11 is 0. The highest BCUT2D eigenvalue weighted by atomic mass is 19.4. The van der Waals surface area contributed by atoms with E-state index in [1.807, 2.05) is 6.07 Å². The van der Waals surface area contributed by atoms with E-state index in [-0.39, 0.29) is 41.8 Å². The molecular weight excluding hydrogens is 515 g/mol. The topological polar surface area (TPSA) is 118 Å². The standard InChI is InChI=1S/C26H28F3N7O3/c27-26(28,29)20-13-18(15-32-25(20)39-10-4-17-1-5-31-6-2-17)23-19-3-7-36(24(19)34-21(14-30)33-23)16-22(37)35-8-11-38-12-9-35/h3,7,13,15,17,31H,1-2,4-6,8-12,16H2. The van der Waals surface area contributed by atoms with Gasteiger partial charge in [-0.15, -0.1) is 0 Å². The van der Waals surface area contributed by atoms with Crippen LogP contribution in [0.15, 0.2) is 24.5 Å². The number of carbonyl (C=O) groups is 1. The summed E-state index contributed by atoms with van der Waals surface area (Å²) in [6.07, 6.45) is 0.729. The van der Waals surface area contributed by atoms with Crippen molar-refractivity contribution in [3.05, 3.63) is 35.9 Å². The van der Waals surface area contributed by atoms with Gasteiger partial charge in [0.15, 0.2) is 0 Å². The van der Waals surface area contributed by atoms with E-state index in [1.165, 1.54) is 6.20 Å². The van der Waals surface area contributed by atoms with Crippen molar-refractivity contribution in [3.8, 4) is 23.2 Å². The predicted octanol–water partition coefficient (Wildman–Crippen LogP) is 3.01. The van der Waals surface area contributed by atoms with E-state index in [4.69, 9.17) is 9.47 Å². The third kappa shape index (κ3) is 6.12. The highest BCUT2D eigenvalue weighted by Gasteiger charge is 2.36. The predicted molar refractivity (Wildman–Crippen MR) is 134 cm³/mol. The summed E-state index contributed by atoms with van der Waals surface area (Å²) in [7, 11) is 0. The number of morpholine rings is 1. The highest BCUT2D eigenvalue weighted by molar-refractivity contribution is 5.92. The SMILES string of the molecule is N#Cc1nc(-c2cnc(OCCC3CCNCC3)c(C(F)(F)F)c2)c2ccn(CC(=O)N3CCOCC3)c2n1. The van der Waals surface area contributed by atoms with E-state index in [9.17, 15) is 23.2 Å². The number of ether oxygens (including phenoxy) is 2. The molecule has 0 unspecified atom stereocenters. The zero-order valence-electron chi connectivity index (χ0n) is 21.2. The van der Waals surface area contributed by atoms with Gasteiger partial charge >= 0.3 is 6.18 Å². The normalized spacial score (nSPS) is 16.8. The van der Waals surface area contributed by atoms with Crippen molar-refractivity contribution in [3.63, 3.8) is 0 Å². The minimum atomic E-state index is -4.71. The van der Waals surface area contributed by atoms with Gasteiger partial charge in [-0.2, -0.15) is 18.4 Å². The lowest BCUT2D eigenvalue weighted by atomic mass is 9.95. The third-order valence-corrected chi connectivity index (χ3v) is 7.04. The van der Waals surface area contributed by atoms with Crippen molar-refractivity contribution in [2.75, 3.05) is 46.0 Å². The monoisotopic (exact) mass is 543 g/mol. The largest absolute Gasteiger partial charge is 0.477 e. The van der Waals surface area contributed by atoms with Crippen molar-refractivity contribution in [2.24, 2.45) is 5.92 Å². The van der Waals surface area contributed by atoms with Gasteiger partial charge in [0.25, 0.3) is 0 Å². The number of hydrogen-bond acceptors (Lipinski definition) is 8. The number of nitriles is 1. The number of pyridine rings is 1. The lowest BCUT2D eigenvalue weighted by molar-refractivity contribution is -0.139. The molecule has 5 heterocycles. The number of nitrogens with one attached hydrogen (secondary N) is 1. The summed E-state index contributed by atoms with van der Waals surface area (Å²) in [6, 6.07) is 4.42. The molecule has 2 aliphatic heterocycles. The number of aromatic nitrogens is 4. The molecule has 0 aliphatic carbocycles. The Labute approximate surface area is 222 Å². The number of fused-ring (bicyclic) bond motifs is 1. The molecule has 0 spiro atoms. The van der Waals surface area contributed by atoms with Gasteiger partial charge in [-0.3, -0.25) is 4.79 Å². The van der Waals surface area contributed by atoms with Crippen molar-refractivity contribution in [1.82, 2.24) is 29.7 Å². The third-order valence-electron chi connectivity index (χ3n) is 7.04. The Balaban J connectivity index is 1.43. The summed E-state index contributed by atoms with van der Waals surface area (Å²) in [5.41, 5.74) is -0.561. The molecule has 0 saturated carbocycles. The molecule has 10 nitrogen and oxygen atoms in total. The minimum Gasteiger partial charge on any atom is -0.477 e. The van der Waals surface area contributed by atoms with Crippen LogP contribution >= 0.6 is 0 Å². The summed E-state index contributed by atoms with van der Waals surface area (Å²) in [6.45, 7) is 3.74. The van der Waals surface area contributed by atoms with E-state index >= 15 is 0 Å². The molecule has 3 aromatic heterocycles. The van der Waals surface area contributed by atoms with Gasteiger partial charge in [0, 0.05) is 36.4 Å². The van der Waals surface area contributed by atoms with Crippen LogP contribution in [0, 0.1) is 17.2 Å². The first kappa shape index (κ1) is 26.8. The van der Waals surface area contributed by atoms with Crippen LogP contribution in [0.2, 0.25) is 0 Å². The summed E-state index contributed by atoms with van der Waals surface area (Å²) in [5.74, 6) is -0.467. The number of piperidine rings is 1. The van der Waals surface area contributed by atoms with Crippen LogP contribution < -0.4 is 10.1 Å². The molecule has 3 aromatic rings. The number of halogens is 3. The number of rotatable bonds is 7. The second-order valence-electron chi connectivity index (χ2n) is 9.59. The molecule has 2 aliphatic rings. The molecule has 0 radical (unpaired) electrons. The number of alkyl halides is 3. The first-order chi connectivity index (χ1) is 18.8. The number of hydrogen-bond donors (Lipinski definition) is 1. The summed E-state index contributed by atoms with van der Waals surface area (Å²) in [4.78, 5) is 26.9. The van der Waals surface area contributed by atoms with Crippen LogP contribution in [0.3, 0.4) is 0 Å². The Hall–Kier alpha value is -3.76. The van der Waals surface area contributed by atoms with E-state index in [0.717, 1.165) is 32.0 Å². The first-order valence-corrected chi connectivity index (χ1v) is 12.9. The molecule has 39 heavy (non-hydrogen) atoms. The summed E-state index contributed by atoms with van der Waals surface area (Å²) < 4.78 is 54.5. The van der Waals surface area contributed by atoms with Gasteiger partial charge in [-0.25, -0.2) is 15.0 Å². The van der Waals surface area contributed by atoms with E-state index in [1.54, 1.807) is 21.7 Å². The maximum Gasteiger partial charge on any atom is 0.421 e. The lowest BCUT2D eigenvalue weighted by Crippen LogP contribution is -2.42. The highest BCUT2D eigenvalue weighted by Crippen LogP contribution is 2.38. The van der Waals surface area contributed by atoms with Crippen molar-refractivity contribution in [2.45, 2.75) is 32.0 Å². The molecular formula is C26H28F3N7O3. The smallest absolute Gasteiger partial charge is 0.421 e. The Kier molecular flexibility index (Phi) is 7.94. The molecule has 5 rings (SSSR count). The number of amides is 1. The zero-order valence-corrected chi connectivity index (χ0v) is 21.2. The fourth-order valence-electron chi connectivity index (χ4n) is 4.91. The molecule has 2 fully saturated rings. The van der Waals surface area contributed by atoms with E-state index < -0.39 is 17.6 Å². The Morgan fingerprint density at radius 1 is 1.23 bits per heavy atom. The number of carbonyl (C=O) groups excluding carboxylic acids is 1. The Morgan fingerprint density at radius 3 is 2.72 bits per heavy atom. The second-order valence-corrected chi connectivity index (χ2v) is 9.59. The Bertz CT molecular complexity index is 1370. The van der Waals surface area contributed by atoms with Crippen LogP contribution in [0.5, 0.6) is 5.88 Å². The zero-order chi connectivity index (χ0) is 27.4. The molecule has 1 N–H and O–H groups in total. The average Bonchev–Trinajstić information content (AvgIpc) is 3.35. The molecule has 0 bridgehead atoms. The van der Waals surface area contributed by atoms with Gasteiger partial charge in [0.05, 0.1) is 25.5 Å². The van der Waals surface area contributed by atoms with Crippen LogP contribution in [-0.2, 0) is 22.3 Å². The first-order valence-electron chi connectivity index (χ1n) is 12.9. The molecule has 1 amide bonds. The fourth-order valence-corrected chi connectivity index (χ4v) is 4.91. The fraction of sp³-hybridized carbons (Fsp3) is 0.500. The van der Waals surface area contributed by atoms with Gasteiger partial charge < -0.3 is 24.3 Å². The average molecular weight is 544 g/mol. The van der Waals surface area contributed by atoms with Gasteiger partial charge in [0.1, 0.15) is 23.8 Å². The van der Waals surface area contributed by atoms with Gasteiger partial charge in [-0.05, 0) is 50.4 Å². The summed E-state index contributed by atoms with van der Waals surface area (Å²) in [5, 5.41) is 13.2. The van der Waals surface area contributed by atoms with E-state index in [2.05, 4.69) is 20.3 Å². The minimum absolute atomic E-state index is 0.0410. The van der Waals surface area contributed by atoms with Crippen LogP contribution in [0.1, 0.15) is 30.7 Å². The molecule has 206 valence electrons. The van der Waals surface area contributed by atoms with Gasteiger partial charge in [-0.1, -0.05) is 0 Å². The number of nitrogens with zero attached hydrogens (tertiary/aromatic N) is 6. The molecule has 0 atom stereocenters. The van der Waals surface area contributed by atoms with Crippen LogP contribution in [-0.4, -0.2) is 76.3 Å². The maximum atomic E-state index is 14.0. The lowest BCUT2D eigenvalue weighted by Gasteiger charge is -2.27. The molecule has 2 saturated heterocycles. The quantitative estimate of drug-likeness (QED) is 0.483. The van der Waals surface area contributed by atoms with Crippen molar-refractivity contribution < 1.29 is 27.4 Å². The van der Waals surface area contributed by atoms with Crippen LogP contribution in [0.25, 0.3) is 22.3 Å². The van der Waals surface area contributed by atoms with Crippen molar-refractivity contribution >= 4 is 16.9 Å². The van der Waals surface area contributed by atoms with Gasteiger partial charge in [0.2, 0.25) is 17.6 Å². The van der Waals surface area contributed by atoms with Crippen molar-refractivity contribution in [1.29, 1.82) is 5.26 Å². The van der Waals surface area contributed by atoms with Crippen LogP contribution in [0.4, 0.5) is 13.2 Å². The van der Waals surface area contributed by atoms with E-state index in [0.29, 0.717) is 44.0 Å². The molecule has 13 heteroatoms.